The van der Waals surface area contributed by atoms with Crippen LogP contribution in [0.4, 0.5) is 0 Å². The summed E-state index contributed by atoms with van der Waals surface area (Å²) in [6.45, 7) is 1.72. The molecule has 0 unspecified atom stereocenters. The summed E-state index contributed by atoms with van der Waals surface area (Å²) in [5.74, 6) is 1.79. The molecule has 2 aromatic rings. The summed E-state index contributed by atoms with van der Waals surface area (Å²) in [7, 11) is 1.99. The molecule has 0 saturated heterocycles. The van der Waals surface area contributed by atoms with Gasteiger partial charge in [0.05, 0.1) is 6.61 Å². The molecule has 1 aliphatic rings. The Morgan fingerprint density at radius 3 is 2.67 bits per heavy atom. The van der Waals surface area contributed by atoms with Crippen molar-refractivity contribution in [2.75, 3.05) is 13.7 Å². The van der Waals surface area contributed by atoms with Gasteiger partial charge in [-0.15, -0.1) is 0 Å². The molecule has 1 aliphatic carbocycles. The minimum absolute atomic E-state index is 0.743. The molecule has 2 heteroatoms. The lowest BCUT2D eigenvalue weighted by molar-refractivity contribution is 0.207. The molecule has 112 valence electrons. The summed E-state index contributed by atoms with van der Waals surface area (Å²) in [6.07, 6.45) is 6.80. The summed E-state index contributed by atoms with van der Waals surface area (Å²) in [5, 5.41) is 5.86. The maximum Gasteiger partial charge on any atom is 0.124 e. The van der Waals surface area contributed by atoms with Gasteiger partial charge in [0.15, 0.2) is 0 Å². The van der Waals surface area contributed by atoms with E-state index in [4.69, 9.17) is 4.74 Å². The quantitative estimate of drug-likeness (QED) is 0.871. The maximum atomic E-state index is 6.20. The first-order chi connectivity index (χ1) is 10.4. The molecule has 1 saturated carbocycles. The van der Waals surface area contributed by atoms with Crippen LogP contribution in [0.5, 0.6) is 5.75 Å². The Balaban J connectivity index is 1.81. The van der Waals surface area contributed by atoms with Crippen LogP contribution in [0.2, 0.25) is 0 Å². The molecule has 0 radical (unpaired) electrons. The SMILES string of the molecule is CNCc1c(OCC2CCCCC2)ccc2ccccc12. The van der Waals surface area contributed by atoms with Gasteiger partial charge < -0.3 is 10.1 Å². The van der Waals surface area contributed by atoms with Gasteiger partial charge in [-0.3, -0.25) is 0 Å². The zero-order valence-corrected chi connectivity index (χ0v) is 12.9. The summed E-state index contributed by atoms with van der Waals surface area (Å²) in [6, 6.07) is 12.9. The van der Waals surface area contributed by atoms with Crippen LogP contribution in [0, 0.1) is 5.92 Å². The van der Waals surface area contributed by atoms with E-state index in [1.807, 2.05) is 7.05 Å². The molecule has 0 aromatic heterocycles. The Labute approximate surface area is 127 Å². The number of hydrogen-bond donors (Lipinski definition) is 1. The van der Waals surface area contributed by atoms with Gasteiger partial charge in [0, 0.05) is 12.1 Å². The van der Waals surface area contributed by atoms with E-state index in [1.165, 1.54) is 48.4 Å². The number of ether oxygens (including phenoxy) is 1. The second-order valence-electron chi connectivity index (χ2n) is 6.11. The van der Waals surface area contributed by atoms with Crippen molar-refractivity contribution in [3.05, 3.63) is 42.0 Å². The van der Waals surface area contributed by atoms with Gasteiger partial charge >= 0.3 is 0 Å². The lowest BCUT2D eigenvalue weighted by atomic mass is 9.90. The van der Waals surface area contributed by atoms with Gasteiger partial charge in [-0.25, -0.2) is 0 Å². The Morgan fingerprint density at radius 1 is 1.05 bits per heavy atom. The highest BCUT2D eigenvalue weighted by Gasteiger charge is 2.15. The van der Waals surface area contributed by atoms with E-state index in [1.54, 1.807) is 0 Å². The molecule has 0 spiro atoms. The van der Waals surface area contributed by atoms with Crippen molar-refractivity contribution in [2.45, 2.75) is 38.6 Å². The molecule has 0 atom stereocenters. The van der Waals surface area contributed by atoms with E-state index in [-0.39, 0.29) is 0 Å². The summed E-state index contributed by atoms with van der Waals surface area (Å²) >= 11 is 0. The van der Waals surface area contributed by atoms with E-state index < -0.39 is 0 Å². The van der Waals surface area contributed by atoms with Gasteiger partial charge in [0.25, 0.3) is 0 Å². The van der Waals surface area contributed by atoms with Crippen molar-refractivity contribution in [1.82, 2.24) is 5.32 Å². The van der Waals surface area contributed by atoms with Gasteiger partial charge in [0.2, 0.25) is 0 Å². The average molecular weight is 283 g/mol. The van der Waals surface area contributed by atoms with Crippen LogP contribution in [0.1, 0.15) is 37.7 Å². The third-order valence-corrected chi connectivity index (χ3v) is 4.55. The Hall–Kier alpha value is -1.54. The van der Waals surface area contributed by atoms with E-state index in [0.717, 1.165) is 24.8 Å². The Bertz CT molecular complexity index is 587. The van der Waals surface area contributed by atoms with E-state index in [9.17, 15) is 0 Å². The lowest BCUT2D eigenvalue weighted by Crippen LogP contribution is -2.16. The molecule has 0 aliphatic heterocycles. The smallest absolute Gasteiger partial charge is 0.124 e. The van der Waals surface area contributed by atoms with Crippen molar-refractivity contribution in [3.8, 4) is 5.75 Å². The number of benzene rings is 2. The average Bonchev–Trinajstić information content (AvgIpc) is 2.55. The zero-order valence-electron chi connectivity index (χ0n) is 12.9. The first-order valence-electron chi connectivity index (χ1n) is 8.16. The van der Waals surface area contributed by atoms with Gasteiger partial charge in [-0.1, -0.05) is 49.6 Å². The molecule has 0 heterocycles. The highest BCUT2D eigenvalue weighted by Crippen LogP contribution is 2.30. The van der Waals surface area contributed by atoms with Gasteiger partial charge in [-0.2, -0.15) is 0 Å². The number of rotatable bonds is 5. The van der Waals surface area contributed by atoms with Crippen molar-refractivity contribution in [3.63, 3.8) is 0 Å². The highest BCUT2D eigenvalue weighted by molar-refractivity contribution is 5.87. The second kappa shape index (κ2) is 6.95. The first kappa shape index (κ1) is 14.4. The molecule has 21 heavy (non-hydrogen) atoms. The van der Waals surface area contributed by atoms with Crippen molar-refractivity contribution < 1.29 is 4.74 Å². The number of nitrogens with one attached hydrogen (secondary N) is 1. The van der Waals surface area contributed by atoms with Crippen LogP contribution in [0.3, 0.4) is 0 Å². The lowest BCUT2D eigenvalue weighted by Gasteiger charge is -2.23. The van der Waals surface area contributed by atoms with Crippen molar-refractivity contribution in [2.24, 2.45) is 5.92 Å². The number of fused-ring (bicyclic) bond motifs is 1. The fraction of sp³-hybridized carbons (Fsp3) is 0.474. The largest absolute Gasteiger partial charge is 0.493 e. The first-order valence-corrected chi connectivity index (χ1v) is 8.16. The molecule has 1 fully saturated rings. The topological polar surface area (TPSA) is 21.3 Å². The van der Waals surface area contributed by atoms with Crippen molar-refractivity contribution >= 4 is 10.8 Å². The summed E-state index contributed by atoms with van der Waals surface area (Å²) < 4.78 is 6.20. The van der Waals surface area contributed by atoms with E-state index in [2.05, 4.69) is 41.7 Å². The molecule has 0 amide bonds. The van der Waals surface area contributed by atoms with E-state index in [0.29, 0.717) is 0 Å². The van der Waals surface area contributed by atoms with Crippen LogP contribution < -0.4 is 10.1 Å². The monoisotopic (exact) mass is 283 g/mol. The van der Waals surface area contributed by atoms with Crippen LogP contribution in [-0.4, -0.2) is 13.7 Å². The predicted molar refractivity (Wildman–Crippen MR) is 88.8 cm³/mol. The third-order valence-electron chi connectivity index (χ3n) is 4.55. The van der Waals surface area contributed by atoms with Gasteiger partial charge in [0.1, 0.15) is 5.75 Å². The van der Waals surface area contributed by atoms with Crippen molar-refractivity contribution in [1.29, 1.82) is 0 Å². The molecular weight excluding hydrogens is 258 g/mol. The van der Waals surface area contributed by atoms with Crippen LogP contribution in [0.25, 0.3) is 10.8 Å². The molecular formula is C19H25NO. The fourth-order valence-corrected chi connectivity index (χ4v) is 3.37. The maximum absolute atomic E-state index is 6.20. The standard InChI is InChI=1S/C19H25NO/c1-20-13-18-17-10-6-5-9-16(17)11-12-19(18)21-14-15-7-3-2-4-8-15/h5-6,9-12,15,20H,2-4,7-8,13-14H2,1H3. The highest BCUT2D eigenvalue weighted by atomic mass is 16.5. The minimum Gasteiger partial charge on any atom is -0.493 e. The minimum atomic E-state index is 0.743. The van der Waals surface area contributed by atoms with Crippen LogP contribution in [-0.2, 0) is 6.54 Å². The molecule has 1 N–H and O–H groups in total. The molecule has 2 aromatic carbocycles. The van der Waals surface area contributed by atoms with Gasteiger partial charge in [-0.05, 0) is 42.6 Å². The van der Waals surface area contributed by atoms with Crippen LogP contribution >= 0.6 is 0 Å². The third kappa shape index (κ3) is 3.38. The Morgan fingerprint density at radius 2 is 1.86 bits per heavy atom. The van der Waals surface area contributed by atoms with Crippen LogP contribution in [0.15, 0.2) is 36.4 Å². The Kier molecular flexibility index (Phi) is 4.76. The summed E-state index contributed by atoms with van der Waals surface area (Å²) in [4.78, 5) is 0. The fourth-order valence-electron chi connectivity index (χ4n) is 3.37. The second-order valence-corrected chi connectivity index (χ2v) is 6.11. The number of hydrogen-bond acceptors (Lipinski definition) is 2. The normalized spacial score (nSPS) is 16.2. The van der Waals surface area contributed by atoms with E-state index >= 15 is 0 Å². The molecule has 3 rings (SSSR count). The zero-order chi connectivity index (χ0) is 14.5. The molecule has 0 bridgehead atoms. The predicted octanol–water partition coefficient (Wildman–Crippen LogP) is 4.52. The summed E-state index contributed by atoms with van der Waals surface area (Å²) in [5.41, 5.74) is 1.28. The molecule has 2 nitrogen and oxygen atoms in total.